The Morgan fingerprint density at radius 3 is 2.76 bits per heavy atom. The van der Waals surface area contributed by atoms with Crippen LogP contribution in [0.4, 0.5) is 0 Å². The van der Waals surface area contributed by atoms with Crippen LogP contribution in [0.3, 0.4) is 0 Å². The molecule has 0 heterocycles. The van der Waals surface area contributed by atoms with Gasteiger partial charge in [-0.1, -0.05) is 37.1 Å². The van der Waals surface area contributed by atoms with Gasteiger partial charge in [-0.15, -0.1) is 0 Å². The van der Waals surface area contributed by atoms with Crippen molar-refractivity contribution in [2.75, 3.05) is 12.8 Å². The molecule has 0 aliphatic heterocycles. The highest BCUT2D eigenvalue weighted by Gasteiger charge is 2.33. The lowest BCUT2D eigenvalue weighted by atomic mass is 9.81. The third kappa shape index (κ3) is 4.44. The standard InChI is InChI=1S/C16H24ClNO2S/c1-3-18-16(12-6-4-8-14(17)10-12)13-7-5-9-15(11-13)21(2,19)20/h4,6,8,10,13,15-16,18H,3,5,7,9,11H2,1-2H3. The molecule has 1 aliphatic carbocycles. The first-order valence-corrected chi connectivity index (χ1v) is 9.92. The summed E-state index contributed by atoms with van der Waals surface area (Å²) in [7, 11) is -2.95. The zero-order valence-corrected chi connectivity index (χ0v) is 14.3. The number of halogens is 1. The zero-order valence-electron chi connectivity index (χ0n) is 12.7. The van der Waals surface area contributed by atoms with Crippen LogP contribution in [0.1, 0.15) is 44.2 Å². The van der Waals surface area contributed by atoms with Gasteiger partial charge in [0, 0.05) is 17.3 Å². The van der Waals surface area contributed by atoms with Gasteiger partial charge in [0.2, 0.25) is 0 Å². The highest BCUT2D eigenvalue weighted by molar-refractivity contribution is 7.91. The highest BCUT2D eigenvalue weighted by Crippen LogP contribution is 2.37. The average molecular weight is 330 g/mol. The summed E-state index contributed by atoms with van der Waals surface area (Å²) in [6.07, 6.45) is 4.94. The normalized spacial score (nSPS) is 24.7. The summed E-state index contributed by atoms with van der Waals surface area (Å²) >= 11 is 6.11. The molecule has 1 aromatic rings. The summed E-state index contributed by atoms with van der Waals surface area (Å²) in [5.41, 5.74) is 1.16. The molecule has 21 heavy (non-hydrogen) atoms. The predicted molar refractivity (Wildman–Crippen MR) is 88.5 cm³/mol. The highest BCUT2D eigenvalue weighted by atomic mass is 35.5. The molecule has 3 atom stereocenters. The van der Waals surface area contributed by atoms with Gasteiger partial charge in [0.25, 0.3) is 0 Å². The lowest BCUT2D eigenvalue weighted by Gasteiger charge is -2.34. The summed E-state index contributed by atoms with van der Waals surface area (Å²) in [5.74, 6) is 0.344. The van der Waals surface area contributed by atoms with Crippen molar-refractivity contribution in [3.05, 3.63) is 34.9 Å². The minimum absolute atomic E-state index is 0.179. The Morgan fingerprint density at radius 1 is 1.38 bits per heavy atom. The fourth-order valence-electron chi connectivity index (χ4n) is 3.35. The molecular weight excluding hydrogens is 306 g/mol. The van der Waals surface area contributed by atoms with Crippen LogP contribution in [0.25, 0.3) is 0 Å². The van der Waals surface area contributed by atoms with Crippen LogP contribution in [-0.2, 0) is 9.84 Å². The van der Waals surface area contributed by atoms with Crippen LogP contribution < -0.4 is 5.32 Å². The van der Waals surface area contributed by atoms with E-state index in [1.807, 2.05) is 18.2 Å². The van der Waals surface area contributed by atoms with E-state index in [1.165, 1.54) is 6.26 Å². The van der Waals surface area contributed by atoms with Crippen LogP contribution in [0, 0.1) is 5.92 Å². The summed E-state index contributed by atoms with van der Waals surface area (Å²) in [6, 6.07) is 8.06. The molecule has 1 fully saturated rings. The molecule has 1 aliphatic rings. The Bertz CT molecular complexity index is 573. The van der Waals surface area contributed by atoms with E-state index in [2.05, 4.69) is 18.3 Å². The Morgan fingerprint density at radius 2 is 2.14 bits per heavy atom. The average Bonchev–Trinajstić information content (AvgIpc) is 2.44. The fourth-order valence-corrected chi connectivity index (χ4v) is 4.74. The van der Waals surface area contributed by atoms with Crippen molar-refractivity contribution in [3.63, 3.8) is 0 Å². The number of nitrogens with one attached hydrogen (secondary N) is 1. The summed E-state index contributed by atoms with van der Waals surface area (Å²) in [5, 5.41) is 4.04. The van der Waals surface area contributed by atoms with Gasteiger partial charge in [-0.3, -0.25) is 0 Å². The molecule has 1 N–H and O–H groups in total. The molecule has 0 spiro atoms. The van der Waals surface area contributed by atoms with E-state index < -0.39 is 9.84 Å². The van der Waals surface area contributed by atoms with Gasteiger partial charge in [-0.25, -0.2) is 8.42 Å². The van der Waals surface area contributed by atoms with Crippen LogP contribution in [0.5, 0.6) is 0 Å². The molecule has 3 unspecified atom stereocenters. The molecule has 3 nitrogen and oxygen atoms in total. The van der Waals surface area contributed by atoms with E-state index in [-0.39, 0.29) is 11.3 Å². The van der Waals surface area contributed by atoms with Gasteiger partial charge in [-0.05, 0) is 49.4 Å². The lowest BCUT2D eigenvalue weighted by molar-refractivity contribution is 0.275. The van der Waals surface area contributed by atoms with Gasteiger partial charge >= 0.3 is 0 Å². The first kappa shape index (κ1) is 16.8. The number of hydrogen-bond donors (Lipinski definition) is 1. The van der Waals surface area contributed by atoms with Crippen molar-refractivity contribution in [1.29, 1.82) is 0 Å². The van der Waals surface area contributed by atoms with Crippen LogP contribution in [-0.4, -0.2) is 26.5 Å². The maximum absolute atomic E-state index is 11.9. The van der Waals surface area contributed by atoms with Crippen molar-refractivity contribution >= 4 is 21.4 Å². The zero-order chi connectivity index (χ0) is 15.5. The molecule has 118 valence electrons. The third-order valence-corrected chi connectivity index (χ3v) is 6.25. The van der Waals surface area contributed by atoms with Gasteiger partial charge in [0.05, 0.1) is 5.25 Å². The van der Waals surface area contributed by atoms with E-state index in [0.29, 0.717) is 5.92 Å². The van der Waals surface area contributed by atoms with Crippen molar-refractivity contribution in [1.82, 2.24) is 5.32 Å². The Balaban J connectivity index is 2.22. The number of hydrogen-bond acceptors (Lipinski definition) is 3. The Labute approximate surface area is 133 Å². The number of benzene rings is 1. The molecule has 5 heteroatoms. The molecule has 1 saturated carbocycles. The van der Waals surface area contributed by atoms with E-state index in [9.17, 15) is 8.42 Å². The van der Waals surface area contributed by atoms with Crippen molar-refractivity contribution in [2.45, 2.75) is 43.9 Å². The SMILES string of the molecule is CCNC(c1cccc(Cl)c1)C1CCCC(S(C)(=O)=O)C1. The Kier molecular flexibility index (Phi) is 5.69. The summed E-state index contributed by atoms with van der Waals surface area (Å²) in [6.45, 7) is 2.94. The quantitative estimate of drug-likeness (QED) is 0.897. The van der Waals surface area contributed by atoms with E-state index in [4.69, 9.17) is 11.6 Å². The minimum Gasteiger partial charge on any atom is -0.310 e. The second-order valence-corrected chi connectivity index (χ2v) is 8.73. The molecular formula is C16H24ClNO2S. The molecule has 0 aromatic heterocycles. The fraction of sp³-hybridized carbons (Fsp3) is 0.625. The molecule has 0 radical (unpaired) electrons. The molecule has 0 saturated heterocycles. The van der Waals surface area contributed by atoms with Gasteiger partial charge < -0.3 is 5.32 Å². The molecule has 0 amide bonds. The van der Waals surface area contributed by atoms with Crippen LogP contribution in [0.15, 0.2) is 24.3 Å². The van der Waals surface area contributed by atoms with Gasteiger partial charge in [0.15, 0.2) is 0 Å². The molecule has 2 rings (SSSR count). The first-order chi connectivity index (χ1) is 9.91. The van der Waals surface area contributed by atoms with E-state index in [1.54, 1.807) is 0 Å². The van der Waals surface area contributed by atoms with Crippen LogP contribution >= 0.6 is 11.6 Å². The Hall–Kier alpha value is -0.580. The summed E-state index contributed by atoms with van der Waals surface area (Å²) in [4.78, 5) is 0. The smallest absolute Gasteiger partial charge is 0.150 e. The summed E-state index contributed by atoms with van der Waals surface area (Å²) < 4.78 is 23.7. The number of sulfone groups is 1. The lowest BCUT2D eigenvalue weighted by Crippen LogP contribution is -2.35. The van der Waals surface area contributed by atoms with Crippen molar-refractivity contribution in [3.8, 4) is 0 Å². The molecule has 1 aromatic carbocycles. The second kappa shape index (κ2) is 7.12. The maximum atomic E-state index is 11.9. The monoisotopic (exact) mass is 329 g/mol. The van der Waals surface area contributed by atoms with Gasteiger partial charge in [-0.2, -0.15) is 0 Å². The van der Waals surface area contributed by atoms with E-state index in [0.717, 1.165) is 42.8 Å². The topological polar surface area (TPSA) is 46.2 Å². The van der Waals surface area contributed by atoms with E-state index >= 15 is 0 Å². The van der Waals surface area contributed by atoms with Crippen molar-refractivity contribution < 1.29 is 8.42 Å². The largest absolute Gasteiger partial charge is 0.310 e. The van der Waals surface area contributed by atoms with Gasteiger partial charge in [0.1, 0.15) is 9.84 Å². The first-order valence-electron chi connectivity index (χ1n) is 7.59. The predicted octanol–water partition coefficient (Wildman–Crippen LogP) is 3.59. The minimum atomic E-state index is -2.95. The maximum Gasteiger partial charge on any atom is 0.150 e. The third-order valence-electron chi connectivity index (χ3n) is 4.38. The van der Waals surface area contributed by atoms with Crippen LogP contribution in [0.2, 0.25) is 5.02 Å². The van der Waals surface area contributed by atoms with Crippen molar-refractivity contribution in [2.24, 2.45) is 5.92 Å². The second-order valence-electron chi connectivity index (χ2n) is 5.97. The number of rotatable bonds is 5. The molecule has 0 bridgehead atoms.